The number of nitrogens with two attached hydrogens (primary N) is 1. The molecule has 1 aromatic heterocycles. The van der Waals surface area contributed by atoms with Crippen LogP contribution >= 0.6 is 0 Å². The normalized spacial score (nSPS) is 17.0. The van der Waals surface area contributed by atoms with Crippen LogP contribution in [0.4, 0.5) is 4.39 Å². The molecule has 2 aliphatic heterocycles. The second-order valence-corrected chi connectivity index (χ2v) is 13.2. The van der Waals surface area contributed by atoms with E-state index in [-0.39, 0.29) is 48.5 Å². The molecule has 0 spiro atoms. The number of nitrogens with one attached hydrogen (secondary N) is 2. The van der Waals surface area contributed by atoms with Gasteiger partial charge in [-0.3, -0.25) is 19.7 Å². The summed E-state index contributed by atoms with van der Waals surface area (Å²) in [6, 6.07) is 9.88. The molecular formula is C36H49FN6O6. The third-order valence-electron chi connectivity index (χ3n) is 9.58. The van der Waals surface area contributed by atoms with Crippen molar-refractivity contribution in [2.45, 2.75) is 58.0 Å². The summed E-state index contributed by atoms with van der Waals surface area (Å²) < 4.78 is 27.8. The van der Waals surface area contributed by atoms with Crippen LogP contribution in [0.3, 0.4) is 0 Å². The predicted molar refractivity (Wildman–Crippen MR) is 183 cm³/mol. The largest absolute Gasteiger partial charge is 0.383 e. The van der Waals surface area contributed by atoms with E-state index in [0.29, 0.717) is 87.5 Å². The number of amides is 3. The molecule has 3 heterocycles. The number of aliphatic hydroxyl groups is 1. The average Bonchev–Trinajstić information content (AvgIpc) is 3.50. The van der Waals surface area contributed by atoms with Gasteiger partial charge >= 0.3 is 0 Å². The number of carbonyl (C=O) groups is 3. The van der Waals surface area contributed by atoms with Crippen molar-refractivity contribution < 1.29 is 33.4 Å². The fraction of sp³-hybridized carbons (Fsp3) is 0.528. The minimum absolute atomic E-state index is 0.0465. The minimum Gasteiger partial charge on any atom is -0.383 e. The van der Waals surface area contributed by atoms with Crippen LogP contribution in [0.5, 0.6) is 0 Å². The number of hydrogen-bond donors (Lipinski definition) is 4. The Morgan fingerprint density at radius 1 is 1.04 bits per heavy atom. The Bertz CT molecular complexity index is 1610. The number of methoxy groups -OCH3 is 1. The first-order chi connectivity index (χ1) is 23.6. The smallest absolute Gasteiger partial charge is 0.256 e. The summed E-state index contributed by atoms with van der Waals surface area (Å²) in [6.45, 7) is 7.67. The number of rotatable bonds is 13. The molecule has 2 aromatic carbocycles. The zero-order valence-corrected chi connectivity index (χ0v) is 28.6. The number of morpholine rings is 1. The molecule has 0 bridgehead atoms. The van der Waals surface area contributed by atoms with Crippen LogP contribution < -0.4 is 16.4 Å². The third kappa shape index (κ3) is 8.65. The summed E-state index contributed by atoms with van der Waals surface area (Å²) in [4.78, 5) is 43.7. The van der Waals surface area contributed by atoms with Crippen molar-refractivity contribution in [2.75, 3.05) is 59.7 Å². The number of hydrogen-bond acceptors (Lipinski definition) is 8. The van der Waals surface area contributed by atoms with Gasteiger partial charge in [-0.25, -0.2) is 4.39 Å². The van der Waals surface area contributed by atoms with E-state index in [0.717, 1.165) is 11.1 Å². The van der Waals surface area contributed by atoms with E-state index in [2.05, 4.69) is 10.6 Å². The molecule has 2 unspecified atom stereocenters. The van der Waals surface area contributed by atoms with Gasteiger partial charge in [-0.05, 0) is 54.0 Å². The van der Waals surface area contributed by atoms with Crippen molar-refractivity contribution in [3.63, 3.8) is 0 Å². The van der Waals surface area contributed by atoms with Gasteiger partial charge in [0.25, 0.3) is 11.8 Å². The Kier molecular flexibility index (Phi) is 12.4. The number of ether oxygens (including phenoxy) is 2. The zero-order valence-electron chi connectivity index (χ0n) is 28.6. The molecule has 12 nitrogen and oxygen atoms in total. The molecule has 3 amide bonds. The first-order valence-corrected chi connectivity index (χ1v) is 17.1. The lowest BCUT2D eigenvalue weighted by Gasteiger charge is -2.32. The first-order valence-electron chi connectivity index (χ1n) is 17.1. The lowest BCUT2D eigenvalue weighted by atomic mass is 9.88. The topological polar surface area (TPSA) is 151 Å². The van der Waals surface area contributed by atoms with E-state index in [9.17, 15) is 19.5 Å². The zero-order chi connectivity index (χ0) is 35.1. The van der Waals surface area contributed by atoms with Crippen molar-refractivity contribution in [2.24, 2.45) is 11.7 Å². The summed E-state index contributed by atoms with van der Waals surface area (Å²) >= 11 is 0. The highest BCUT2D eigenvalue weighted by Crippen LogP contribution is 2.33. The summed E-state index contributed by atoms with van der Waals surface area (Å²) in [5.41, 5.74) is 9.00. The van der Waals surface area contributed by atoms with Gasteiger partial charge in [0, 0.05) is 75.1 Å². The maximum atomic E-state index is 15.1. The Balaban J connectivity index is 1.26. The molecule has 266 valence electrons. The van der Waals surface area contributed by atoms with Gasteiger partial charge in [-0.2, -0.15) is 0 Å². The third-order valence-corrected chi connectivity index (χ3v) is 9.58. The monoisotopic (exact) mass is 680 g/mol. The molecule has 2 aliphatic rings. The van der Waals surface area contributed by atoms with E-state index >= 15 is 4.39 Å². The fourth-order valence-electron chi connectivity index (χ4n) is 6.55. The Morgan fingerprint density at radius 3 is 2.43 bits per heavy atom. The molecule has 2 saturated heterocycles. The molecule has 49 heavy (non-hydrogen) atoms. The number of nitrogens with zero attached hydrogens (tertiary/aromatic N) is 3. The first kappa shape index (κ1) is 36.4. The van der Waals surface area contributed by atoms with Crippen molar-refractivity contribution >= 4 is 28.6 Å². The van der Waals surface area contributed by atoms with Gasteiger partial charge in [-0.15, -0.1) is 0 Å². The number of aliphatic hydroxyl groups excluding tert-OH is 1. The maximum absolute atomic E-state index is 15.1. The van der Waals surface area contributed by atoms with Crippen molar-refractivity contribution in [1.82, 2.24) is 25.0 Å². The summed E-state index contributed by atoms with van der Waals surface area (Å²) in [5.74, 6) is -0.972. The van der Waals surface area contributed by atoms with Gasteiger partial charge < -0.3 is 40.0 Å². The molecule has 2 atom stereocenters. The molecule has 13 heteroatoms. The van der Waals surface area contributed by atoms with Gasteiger partial charge in [0.1, 0.15) is 12.0 Å². The molecule has 2 fully saturated rings. The Labute approximate surface area is 286 Å². The Hall–Kier alpha value is -3.88. The second kappa shape index (κ2) is 16.7. The molecule has 0 aliphatic carbocycles. The van der Waals surface area contributed by atoms with E-state index in [1.54, 1.807) is 35.1 Å². The number of aromatic nitrogens is 1. The number of carbonyl (C=O) groups excluding carboxylic acids is 3. The van der Waals surface area contributed by atoms with Gasteiger partial charge in [0.15, 0.2) is 0 Å². The number of fused-ring (bicyclic) bond motifs is 1. The van der Waals surface area contributed by atoms with Gasteiger partial charge in [0.05, 0.1) is 31.9 Å². The van der Waals surface area contributed by atoms with E-state index in [1.807, 2.05) is 36.7 Å². The van der Waals surface area contributed by atoms with E-state index in [4.69, 9.17) is 15.2 Å². The van der Waals surface area contributed by atoms with Crippen molar-refractivity contribution in [1.29, 1.82) is 0 Å². The number of halogens is 1. The SMILES string of the molecule is COCCn1cc(C(=O)N2CCC(c3cc(CNC(=O)CNC(O)C(N)C(C)C)ccc3F)CC2)c2c(C(=O)N3CCOCC3)cccc21. The molecule has 5 rings (SSSR count). The van der Waals surface area contributed by atoms with Crippen LogP contribution in [0.1, 0.15) is 64.4 Å². The molecular weight excluding hydrogens is 631 g/mol. The molecule has 0 radical (unpaired) electrons. The summed E-state index contributed by atoms with van der Waals surface area (Å²) in [5, 5.41) is 16.3. The summed E-state index contributed by atoms with van der Waals surface area (Å²) in [7, 11) is 1.62. The van der Waals surface area contributed by atoms with Crippen LogP contribution in [0.25, 0.3) is 10.9 Å². The number of benzene rings is 2. The highest BCUT2D eigenvalue weighted by Gasteiger charge is 2.30. The van der Waals surface area contributed by atoms with E-state index in [1.165, 1.54) is 6.07 Å². The second-order valence-electron chi connectivity index (χ2n) is 13.2. The van der Waals surface area contributed by atoms with Crippen molar-refractivity contribution in [3.05, 3.63) is 70.7 Å². The summed E-state index contributed by atoms with van der Waals surface area (Å²) in [6.07, 6.45) is 1.95. The maximum Gasteiger partial charge on any atom is 0.256 e. The fourth-order valence-corrected chi connectivity index (χ4v) is 6.55. The van der Waals surface area contributed by atoms with Gasteiger partial charge in [0.2, 0.25) is 5.91 Å². The highest BCUT2D eigenvalue weighted by molar-refractivity contribution is 6.15. The van der Waals surface area contributed by atoms with Crippen LogP contribution in [-0.4, -0.2) is 109 Å². The lowest BCUT2D eigenvalue weighted by Crippen LogP contribution is -2.50. The molecule has 3 aromatic rings. The van der Waals surface area contributed by atoms with Gasteiger partial charge in [-0.1, -0.05) is 32.0 Å². The number of piperidine rings is 1. The quantitative estimate of drug-likeness (QED) is 0.201. The standard InChI is InChI=1S/C36H49FN6O6/c1-23(2)33(38)34(45)40-21-31(44)39-20-24-7-8-29(37)27(19-24)25-9-11-41(12-10-25)36(47)28-22-43(13-16-48-3)30-6-4-5-26(32(28)30)35(46)42-14-17-49-18-15-42/h4-8,19,22-23,25,33-34,40,45H,9-18,20-21,38H2,1-3H3,(H,39,44). The lowest BCUT2D eigenvalue weighted by molar-refractivity contribution is -0.121. The van der Waals surface area contributed by atoms with Crippen molar-refractivity contribution in [3.8, 4) is 0 Å². The van der Waals surface area contributed by atoms with Crippen LogP contribution in [0.15, 0.2) is 42.6 Å². The number of likely N-dealkylation sites (tertiary alicyclic amines) is 1. The molecule has 0 saturated carbocycles. The predicted octanol–water partition coefficient (Wildman–Crippen LogP) is 2.43. The average molecular weight is 681 g/mol. The highest BCUT2D eigenvalue weighted by atomic mass is 19.1. The van der Waals surface area contributed by atoms with Crippen LogP contribution in [-0.2, 0) is 27.4 Å². The van der Waals surface area contributed by atoms with Crippen LogP contribution in [0, 0.1) is 11.7 Å². The van der Waals surface area contributed by atoms with Crippen LogP contribution in [0.2, 0.25) is 0 Å². The minimum atomic E-state index is -1.00. The molecule has 5 N–H and O–H groups in total. The van der Waals surface area contributed by atoms with E-state index < -0.39 is 12.3 Å². The Morgan fingerprint density at radius 2 is 1.73 bits per heavy atom.